The summed E-state index contributed by atoms with van der Waals surface area (Å²) in [5.74, 6) is -0.226. The average Bonchev–Trinajstić information content (AvgIpc) is 2.90. The number of fused-ring (bicyclic) bond motifs is 2. The highest BCUT2D eigenvalue weighted by molar-refractivity contribution is 8.04. The van der Waals surface area contributed by atoms with E-state index in [2.05, 4.69) is 29.6 Å². The van der Waals surface area contributed by atoms with Crippen molar-refractivity contribution in [2.45, 2.75) is 24.3 Å². The molecule has 0 saturated carbocycles. The van der Waals surface area contributed by atoms with E-state index in [0.29, 0.717) is 22.0 Å². The topological polar surface area (TPSA) is 53.9 Å². The predicted octanol–water partition coefficient (Wildman–Crippen LogP) is 4.21. The highest BCUT2D eigenvalue weighted by Crippen LogP contribution is 2.42. The number of quaternary nitrogens is 1. The summed E-state index contributed by atoms with van der Waals surface area (Å²) in [5.41, 5.74) is 5.02. The van der Waals surface area contributed by atoms with Crippen molar-refractivity contribution >= 4 is 46.9 Å². The molecule has 0 aromatic heterocycles. The first-order valence-electron chi connectivity index (χ1n) is 12.2. The summed E-state index contributed by atoms with van der Waals surface area (Å²) in [6.07, 6.45) is 3.86. The molecule has 2 N–H and O–H groups in total. The molecule has 2 heterocycles. The molecule has 0 radical (unpaired) electrons. The van der Waals surface area contributed by atoms with E-state index in [9.17, 15) is 9.59 Å². The van der Waals surface area contributed by atoms with Gasteiger partial charge < -0.3 is 15.1 Å². The van der Waals surface area contributed by atoms with Gasteiger partial charge in [0.25, 0.3) is 11.8 Å². The number of hydrogen-bond donors (Lipinski definition) is 2. The van der Waals surface area contributed by atoms with Crippen molar-refractivity contribution in [1.29, 1.82) is 0 Å². The number of nitrogens with one attached hydrogen (secondary N) is 2. The fourth-order valence-electron chi connectivity index (χ4n) is 4.77. The lowest BCUT2D eigenvalue weighted by Gasteiger charge is -2.27. The zero-order valence-electron chi connectivity index (χ0n) is 20.2. The van der Waals surface area contributed by atoms with Gasteiger partial charge in [-0.15, -0.1) is 0 Å². The van der Waals surface area contributed by atoms with Gasteiger partial charge in [-0.2, -0.15) is 0 Å². The Bertz CT molecular complexity index is 1340. The van der Waals surface area contributed by atoms with E-state index < -0.39 is 0 Å². The molecule has 7 heteroatoms. The lowest BCUT2D eigenvalue weighted by molar-refractivity contribution is -0.916. The summed E-state index contributed by atoms with van der Waals surface area (Å²) in [5, 5.41) is 3.65. The number of anilines is 1. The van der Waals surface area contributed by atoms with Crippen LogP contribution in [0.15, 0.2) is 76.5 Å². The molecular formula is C29H29ClN3O2S+. The van der Waals surface area contributed by atoms with Gasteiger partial charge in [0, 0.05) is 47.5 Å². The number of nitrogens with zero attached hydrogens (tertiary/aromatic N) is 1. The van der Waals surface area contributed by atoms with Crippen LogP contribution < -0.4 is 15.1 Å². The van der Waals surface area contributed by atoms with Gasteiger partial charge in [0.2, 0.25) is 0 Å². The quantitative estimate of drug-likeness (QED) is 0.380. The van der Waals surface area contributed by atoms with Crippen LogP contribution in [0.1, 0.15) is 33.5 Å². The molecule has 3 aromatic carbocycles. The molecule has 1 unspecified atom stereocenters. The van der Waals surface area contributed by atoms with Gasteiger partial charge in [-0.05, 0) is 41.5 Å². The van der Waals surface area contributed by atoms with Gasteiger partial charge in [0.1, 0.15) is 6.54 Å². The second-order valence-electron chi connectivity index (χ2n) is 9.23. The van der Waals surface area contributed by atoms with Gasteiger partial charge in [-0.3, -0.25) is 9.59 Å². The van der Waals surface area contributed by atoms with Crippen molar-refractivity contribution in [2.75, 3.05) is 31.6 Å². The Morgan fingerprint density at radius 1 is 1.11 bits per heavy atom. The first-order chi connectivity index (χ1) is 17.5. The van der Waals surface area contributed by atoms with Crippen LogP contribution in [0.5, 0.6) is 0 Å². The molecule has 2 aliphatic rings. The second-order valence-corrected chi connectivity index (χ2v) is 10.7. The molecule has 0 spiro atoms. The Labute approximate surface area is 221 Å². The molecule has 0 bridgehead atoms. The number of halogens is 1. The molecule has 1 atom stereocenters. The Balaban J connectivity index is 1.18. The smallest absolute Gasteiger partial charge is 0.264 e. The van der Waals surface area contributed by atoms with Crippen molar-refractivity contribution in [2.24, 2.45) is 0 Å². The summed E-state index contributed by atoms with van der Waals surface area (Å²) in [4.78, 5) is 30.5. The molecule has 0 aliphatic carbocycles. The molecule has 2 aliphatic heterocycles. The fourth-order valence-corrected chi connectivity index (χ4v) is 6.04. The molecule has 5 nitrogen and oxygen atoms in total. The summed E-state index contributed by atoms with van der Waals surface area (Å²) < 4.78 is 0. The highest BCUT2D eigenvalue weighted by atomic mass is 35.5. The van der Waals surface area contributed by atoms with E-state index in [1.807, 2.05) is 36.4 Å². The van der Waals surface area contributed by atoms with Crippen LogP contribution in [0.25, 0.3) is 6.08 Å². The Morgan fingerprint density at radius 2 is 1.89 bits per heavy atom. The lowest BCUT2D eigenvalue weighted by Crippen LogP contribution is -3.11. The Kier molecular flexibility index (Phi) is 7.46. The Hall–Kier alpha value is -3.06. The van der Waals surface area contributed by atoms with Gasteiger partial charge in [-0.25, -0.2) is 0 Å². The lowest BCUT2D eigenvalue weighted by atomic mass is 10.00. The van der Waals surface area contributed by atoms with Crippen molar-refractivity contribution in [3.8, 4) is 0 Å². The molecule has 0 fully saturated rings. The maximum Gasteiger partial charge on any atom is 0.264 e. The van der Waals surface area contributed by atoms with Gasteiger partial charge in [0.05, 0.1) is 23.7 Å². The average molecular weight is 519 g/mol. The number of carbonyl (C=O) groups is 2. The maximum atomic E-state index is 13.0. The minimum absolute atomic E-state index is 0.111. The van der Waals surface area contributed by atoms with E-state index in [1.165, 1.54) is 22.9 Å². The Morgan fingerprint density at radius 3 is 2.72 bits per heavy atom. The summed E-state index contributed by atoms with van der Waals surface area (Å²) in [6.45, 7) is 3.86. The van der Waals surface area contributed by atoms with Crippen molar-refractivity contribution < 1.29 is 14.5 Å². The third-order valence-corrected chi connectivity index (χ3v) is 8.23. The standard InChI is InChI=1S/C29H28ClN3O2S/c1-32-25-17-22(11-12-26(25)36-27(29(32)35)18-21-8-4-5-10-24(21)30)28(34)31-14-6-15-33-16-13-20-7-2-3-9-23(20)19-33/h2-5,7-12,17-18H,6,13-16,19H2,1H3,(H,31,34)/p+1. The van der Waals surface area contributed by atoms with E-state index >= 15 is 0 Å². The number of carbonyl (C=O) groups excluding carboxylic acids is 2. The fraction of sp³-hybridized carbons (Fsp3) is 0.241. The van der Waals surface area contributed by atoms with Crippen LogP contribution in [-0.2, 0) is 17.8 Å². The van der Waals surface area contributed by atoms with Crippen LogP contribution >= 0.6 is 23.4 Å². The zero-order valence-corrected chi connectivity index (χ0v) is 21.8. The van der Waals surface area contributed by atoms with Gasteiger partial charge in [0.15, 0.2) is 0 Å². The largest absolute Gasteiger partial charge is 0.352 e. The third kappa shape index (κ3) is 5.36. The van der Waals surface area contributed by atoms with Crippen LogP contribution in [0.3, 0.4) is 0 Å². The number of benzene rings is 3. The first kappa shape index (κ1) is 24.6. The number of rotatable bonds is 6. The molecular weight excluding hydrogens is 490 g/mol. The molecule has 0 saturated heterocycles. The van der Waals surface area contributed by atoms with E-state index in [1.54, 1.807) is 29.0 Å². The molecule has 3 aromatic rings. The van der Waals surface area contributed by atoms with Crippen LogP contribution in [-0.4, -0.2) is 38.5 Å². The third-order valence-electron chi connectivity index (χ3n) is 6.81. The normalized spacial score (nSPS) is 18.1. The summed E-state index contributed by atoms with van der Waals surface area (Å²) >= 11 is 7.68. The molecule has 184 valence electrons. The monoisotopic (exact) mass is 518 g/mol. The number of likely N-dealkylation sites (N-methyl/N-ethyl adjacent to an activating group) is 1. The van der Waals surface area contributed by atoms with Crippen LogP contribution in [0.2, 0.25) is 5.02 Å². The number of amides is 2. The van der Waals surface area contributed by atoms with E-state index in [-0.39, 0.29) is 11.8 Å². The van der Waals surface area contributed by atoms with Crippen molar-refractivity contribution in [1.82, 2.24) is 5.32 Å². The van der Waals surface area contributed by atoms with Gasteiger partial charge >= 0.3 is 0 Å². The summed E-state index contributed by atoms with van der Waals surface area (Å²) in [6, 6.07) is 21.7. The van der Waals surface area contributed by atoms with Crippen molar-refractivity contribution in [3.63, 3.8) is 0 Å². The molecule has 36 heavy (non-hydrogen) atoms. The van der Waals surface area contributed by atoms with E-state index in [0.717, 1.165) is 48.6 Å². The SMILES string of the molecule is CN1C(=O)C(=Cc2ccccc2Cl)Sc2ccc(C(=O)NCCC[NH+]3CCc4ccccc4C3)cc21. The highest BCUT2D eigenvalue weighted by Gasteiger charge is 2.27. The number of hydrogen-bond acceptors (Lipinski definition) is 3. The van der Waals surface area contributed by atoms with Crippen LogP contribution in [0, 0.1) is 0 Å². The minimum atomic E-state index is -0.115. The molecule has 5 rings (SSSR count). The number of thioether (sulfide) groups is 1. The van der Waals surface area contributed by atoms with Crippen LogP contribution in [0.4, 0.5) is 5.69 Å². The summed E-state index contributed by atoms with van der Waals surface area (Å²) in [7, 11) is 1.74. The second kappa shape index (κ2) is 10.9. The van der Waals surface area contributed by atoms with Crippen molar-refractivity contribution in [3.05, 3.63) is 98.9 Å². The minimum Gasteiger partial charge on any atom is -0.352 e. The predicted molar refractivity (Wildman–Crippen MR) is 147 cm³/mol. The molecule has 2 amide bonds. The maximum absolute atomic E-state index is 13.0. The van der Waals surface area contributed by atoms with Gasteiger partial charge in [-0.1, -0.05) is 65.8 Å². The first-order valence-corrected chi connectivity index (χ1v) is 13.4. The zero-order chi connectivity index (χ0) is 25.1. The van der Waals surface area contributed by atoms with E-state index in [4.69, 9.17) is 11.6 Å².